The molecule has 27 heavy (non-hydrogen) atoms. The highest BCUT2D eigenvalue weighted by molar-refractivity contribution is 5.81. The van der Waals surface area contributed by atoms with Gasteiger partial charge in [-0.1, -0.05) is 0 Å². The van der Waals surface area contributed by atoms with Crippen molar-refractivity contribution in [2.45, 2.75) is 13.3 Å². The second-order valence-electron chi connectivity index (χ2n) is 5.59. The molecule has 1 aromatic carbocycles. The summed E-state index contributed by atoms with van der Waals surface area (Å²) in [7, 11) is 1.44. The van der Waals surface area contributed by atoms with Gasteiger partial charge in [0.25, 0.3) is 6.43 Å². The number of hydrazone groups is 1. The fourth-order valence-corrected chi connectivity index (χ4v) is 2.34. The Hall–Kier alpha value is -3.30. The van der Waals surface area contributed by atoms with Crippen LogP contribution in [0.3, 0.4) is 0 Å². The average Bonchev–Trinajstić information content (AvgIpc) is 2.88. The molecule has 0 spiro atoms. The van der Waals surface area contributed by atoms with Gasteiger partial charge in [-0.05, 0) is 37.3 Å². The summed E-state index contributed by atoms with van der Waals surface area (Å²) in [4.78, 5) is 7.77. The molecule has 0 unspecified atom stereocenters. The molecule has 140 valence electrons. The molecule has 0 aliphatic carbocycles. The first-order valence-corrected chi connectivity index (χ1v) is 7.76. The Labute approximate surface area is 151 Å². The lowest BCUT2D eigenvalue weighted by Crippen LogP contribution is -2.03. The van der Waals surface area contributed by atoms with Gasteiger partial charge in [0, 0.05) is 12.6 Å². The molecule has 2 aromatic heterocycles. The summed E-state index contributed by atoms with van der Waals surface area (Å²) in [6.45, 7) is 1.60. The Bertz CT molecular complexity index is 982. The van der Waals surface area contributed by atoms with Gasteiger partial charge in [-0.2, -0.15) is 14.6 Å². The molecule has 0 aliphatic heterocycles. The van der Waals surface area contributed by atoms with Crippen LogP contribution in [0.25, 0.3) is 11.3 Å². The van der Waals surface area contributed by atoms with E-state index in [1.807, 2.05) is 0 Å². The van der Waals surface area contributed by atoms with Crippen molar-refractivity contribution in [3.8, 4) is 11.3 Å². The predicted octanol–water partition coefficient (Wildman–Crippen LogP) is 3.85. The number of benzene rings is 1. The summed E-state index contributed by atoms with van der Waals surface area (Å²) in [5.41, 5.74) is 3.05. The highest BCUT2D eigenvalue weighted by Gasteiger charge is 2.14. The van der Waals surface area contributed by atoms with Crippen molar-refractivity contribution in [2.24, 2.45) is 12.1 Å². The number of nitrogens with one attached hydrogen (secondary N) is 1. The molecule has 1 N–H and O–H groups in total. The zero-order valence-corrected chi connectivity index (χ0v) is 14.3. The van der Waals surface area contributed by atoms with E-state index in [9.17, 15) is 17.6 Å². The average molecular weight is 378 g/mol. The third-order valence-electron chi connectivity index (χ3n) is 3.66. The lowest BCUT2D eigenvalue weighted by molar-refractivity contribution is 0.146. The number of hydrogen-bond acceptors (Lipinski definition) is 5. The summed E-state index contributed by atoms with van der Waals surface area (Å²) < 4.78 is 54.2. The Morgan fingerprint density at radius 2 is 1.85 bits per heavy atom. The summed E-state index contributed by atoms with van der Waals surface area (Å²) >= 11 is 0. The van der Waals surface area contributed by atoms with Gasteiger partial charge in [-0.15, -0.1) is 0 Å². The van der Waals surface area contributed by atoms with E-state index in [1.165, 1.54) is 31.3 Å². The molecule has 0 aliphatic rings. The number of hydrogen-bond donors (Lipinski definition) is 1. The molecule has 0 fully saturated rings. The van der Waals surface area contributed by atoms with Crippen molar-refractivity contribution in [3.05, 3.63) is 59.0 Å². The summed E-state index contributed by atoms with van der Waals surface area (Å²) in [5.74, 6) is -1.25. The van der Waals surface area contributed by atoms with E-state index in [0.29, 0.717) is 11.3 Å². The van der Waals surface area contributed by atoms with Crippen LogP contribution in [0.5, 0.6) is 0 Å². The minimum absolute atomic E-state index is 0.147. The number of alkyl halides is 2. The van der Waals surface area contributed by atoms with Gasteiger partial charge in [0.2, 0.25) is 11.9 Å². The van der Waals surface area contributed by atoms with E-state index < -0.39 is 23.9 Å². The third kappa shape index (κ3) is 4.10. The summed E-state index contributed by atoms with van der Waals surface area (Å²) in [5, 5.41) is 7.69. The maximum Gasteiger partial charge on any atom is 0.280 e. The largest absolute Gasteiger partial charge is 0.280 e. The fraction of sp³-hybridized carbons (Fsp3) is 0.176. The van der Waals surface area contributed by atoms with Crippen LogP contribution in [0.2, 0.25) is 0 Å². The van der Waals surface area contributed by atoms with E-state index in [4.69, 9.17) is 0 Å². The van der Waals surface area contributed by atoms with Crippen LogP contribution >= 0.6 is 0 Å². The highest BCUT2D eigenvalue weighted by Crippen LogP contribution is 2.24. The van der Waals surface area contributed by atoms with Crippen molar-refractivity contribution < 1.29 is 17.6 Å². The molecule has 3 aromatic rings. The molecule has 0 bridgehead atoms. The van der Waals surface area contributed by atoms with Crippen molar-refractivity contribution in [3.63, 3.8) is 0 Å². The van der Waals surface area contributed by atoms with Crippen LogP contribution in [-0.4, -0.2) is 26.0 Å². The normalized spacial score (nSPS) is 11.5. The smallest absolute Gasteiger partial charge is 0.245 e. The maximum absolute atomic E-state index is 13.9. The number of nitrogens with zero attached hydrogens (tertiary/aromatic N) is 5. The molecule has 6 nitrogen and oxygen atoms in total. The van der Waals surface area contributed by atoms with Gasteiger partial charge in [0.1, 0.15) is 11.5 Å². The Kier molecular flexibility index (Phi) is 5.15. The van der Waals surface area contributed by atoms with E-state index in [2.05, 4.69) is 25.6 Å². The van der Waals surface area contributed by atoms with Crippen LogP contribution in [0.1, 0.15) is 23.4 Å². The second-order valence-corrected chi connectivity index (χ2v) is 5.59. The number of rotatable bonds is 5. The van der Waals surface area contributed by atoms with Gasteiger partial charge in [0.15, 0.2) is 0 Å². The summed E-state index contributed by atoms with van der Waals surface area (Å²) in [6.07, 6.45) is -1.68. The zero-order valence-electron chi connectivity index (χ0n) is 14.3. The van der Waals surface area contributed by atoms with Crippen LogP contribution < -0.4 is 5.43 Å². The van der Waals surface area contributed by atoms with Crippen LogP contribution in [0.15, 0.2) is 35.4 Å². The van der Waals surface area contributed by atoms with Gasteiger partial charge in [-0.3, -0.25) is 0 Å². The van der Waals surface area contributed by atoms with Crippen LogP contribution in [-0.2, 0) is 7.05 Å². The topological polar surface area (TPSA) is 68.0 Å². The summed E-state index contributed by atoms with van der Waals surface area (Å²) in [6, 6.07) is 6.32. The number of anilines is 1. The Morgan fingerprint density at radius 1 is 1.15 bits per heavy atom. The molecule has 3 rings (SSSR count). The first-order chi connectivity index (χ1) is 12.8. The number of halogens is 4. The van der Waals surface area contributed by atoms with E-state index in [-0.39, 0.29) is 17.2 Å². The van der Waals surface area contributed by atoms with Gasteiger partial charge >= 0.3 is 0 Å². The zero-order chi connectivity index (χ0) is 19.6. The molecule has 10 heteroatoms. The molecule has 0 amide bonds. The van der Waals surface area contributed by atoms with Crippen LogP contribution in [0, 0.1) is 18.7 Å². The van der Waals surface area contributed by atoms with E-state index in [1.54, 1.807) is 6.92 Å². The molecule has 0 atom stereocenters. The number of aryl methyl sites for hydroxylation is 2. The predicted molar refractivity (Wildman–Crippen MR) is 91.5 cm³/mol. The van der Waals surface area contributed by atoms with Crippen molar-refractivity contribution in [1.29, 1.82) is 0 Å². The first kappa shape index (κ1) is 18.5. The SMILES string of the molecule is Cc1nn(C)c(F)c1/C=N/Nc1nc(-c2ccc(F)cc2)cc(C(F)F)n1. The minimum Gasteiger partial charge on any atom is -0.245 e. The first-order valence-electron chi connectivity index (χ1n) is 7.76. The lowest BCUT2D eigenvalue weighted by atomic mass is 10.1. The molecular weight excluding hydrogens is 364 g/mol. The Morgan fingerprint density at radius 3 is 2.44 bits per heavy atom. The lowest BCUT2D eigenvalue weighted by Gasteiger charge is -2.07. The van der Waals surface area contributed by atoms with Gasteiger partial charge in [0.05, 0.1) is 23.2 Å². The number of aromatic nitrogens is 4. The standard InChI is InChI=1S/C17H14F4N6/c1-9-12(16(21)27(2)26-9)8-22-25-17-23-13(7-14(24-17)15(19)20)10-3-5-11(18)6-4-10/h3-8,15H,1-2H3,(H,23,24,25)/b22-8+. The fourth-order valence-electron chi connectivity index (χ4n) is 2.34. The Balaban J connectivity index is 1.90. The maximum atomic E-state index is 13.9. The van der Waals surface area contributed by atoms with Crippen molar-refractivity contribution in [2.75, 3.05) is 5.43 Å². The van der Waals surface area contributed by atoms with Gasteiger partial charge < -0.3 is 0 Å². The molecule has 0 saturated heterocycles. The second kappa shape index (κ2) is 7.52. The van der Waals surface area contributed by atoms with Crippen LogP contribution in [0.4, 0.5) is 23.5 Å². The van der Waals surface area contributed by atoms with Crippen molar-refractivity contribution in [1.82, 2.24) is 19.7 Å². The quantitative estimate of drug-likeness (QED) is 0.416. The molecule has 2 heterocycles. The minimum atomic E-state index is -2.84. The monoisotopic (exact) mass is 378 g/mol. The molecule has 0 saturated carbocycles. The highest BCUT2D eigenvalue weighted by atomic mass is 19.3. The molecular formula is C17H14F4N6. The van der Waals surface area contributed by atoms with E-state index in [0.717, 1.165) is 17.0 Å². The van der Waals surface area contributed by atoms with Gasteiger partial charge in [-0.25, -0.2) is 33.2 Å². The third-order valence-corrected chi connectivity index (χ3v) is 3.66. The van der Waals surface area contributed by atoms with Crippen molar-refractivity contribution >= 4 is 12.2 Å². The van der Waals surface area contributed by atoms with E-state index >= 15 is 0 Å². The molecule has 0 radical (unpaired) electrons.